The number of ether oxygens (including phenoxy) is 1. The topological polar surface area (TPSA) is 108 Å². The highest BCUT2D eigenvalue weighted by Crippen LogP contribution is 2.29. The molecule has 0 aliphatic rings. The molecule has 0 saturated carbocycles. The Labute approximate surface area is 161 Å². The number of urea groups is 1. The lowest BCUT2D eigenvalue weighted by Gasteiger charge is -2.11. The van der Waals surface area contributed by atoms with Gasteiger partial charge in [0, 0.05) is 24.0 Å². The van der Waals surface area contributed by atoms with Gasteiger partial charge < -0.3 is 15.8 Å². The number of halogens is 2. The van der Waals surface area contributed by atoms with Crippen molar-refractivity contribution in [2.75, 3.05) is 5.32 Å². The second-order valence-electron chi connectivity index (χ2n) is 5.30. The third-order valence-electron chi connectivity index (χ3n) is 3.41. The van der Waals surface area contributed by atoms with Crippen molar-refractivity contribution in [3.8, 4) is 23.0 Å². The summed E-state index contributed by atoms with van der Waals surface area (Å²) in [5.41, 5.74) is 6.93. The van der Waals surface area contributed by atoms with Gasteiger partial charge in [0.25, 0.3) is 0 Å². The average Bonchev–Trinajstić information content (AvgIpc) is 3.08. The highest BCUT2D eigenvalue weighted by atomic mass is 127. The zero-order chi connectivity index (χ0) is 18.7. The maximum absolute atomic E-state index is 13.9. The van der Waals surface area contributed by atoms with Crippen molar-refractivity contribution in [3.05, 3.63) is 48.2 Å². The SMILES string of the molecule is Cc1cc(F)c(NC(N)=O)cc1Oc1nccc(-c2cnn(CI)c2)n1. The van der Waals surface area contributed by atoms with Crippen molar-refractivity contribution < 1.29 is 13.9 Å². The lowest BCUT2D eigenvalue weighted by molar-refractivity contribution is 0.259. The molecule has 26 heavy (non-hydrogen) atoms. The molecule has 0 radical (unpaired) electrons. The minimum absolute atomic E-state index is 0.0856. The predicted molar refractivity (Wildman–Crippen MR) is 102 cm³/mol. The van der Waals surface area contributed by atoms with Crippen molar-refractivity contribution in [1.29, 1.82) is 0 Å². The van der Waals surface area contributed by atoms with Gasteiger partial charge in [0.15, 0.2) is 0 Å². The van der Waals surface area contributed by atoms with Crippen LogP contribution in [0.25, 0.3) is 11.3 Å². The Balaban J connectivity index is 1.89. The Kier molecular flexibility index (Phi) is 5.30. The van der Waals surface area contributed by atoms with E-state index in [-0.39, 0.29) is 11.7 Å². The second kappa shape index (κ2) is 7.64. The molecule has 8 nitrogen and oxygen atoms in total. The third-order valence-corrected chi connectivity index (χ3v) is 4.11. The first-order valence-electron chi connectivity index (χ1n) is 7.42. The van der Waals surface area contributed by atoms with Crippen molar-refractivity contribution in [2.24, 2.45) is 5.73 Å². The van der Waals surface area contributed by atoms with Crippen LogP contribution in [0.15, 0.2) is 36.8 Å². The van der Waals surface area contributed by atoms with Crippen LogP contribution in [0, 0.1) is 12.7 Å². The normalized spacial score (nSPS) is 10.6. The van der Waals surface area contributed by atoms with Crippen LogP contribution >= 0.6 is 22.6 Å². The van der Waals surface area contributed by atoms with Gasteiger partial charge in [0.1, 0.15) is 11.6 Å². The third kappa shape index (κ3) is 4.07. The van der Waals surface area contributed by atoms with E-state index in [4.69, 9.17) is 10.5 Å². The molecular formula is C16H14FIN6O2. The minimum atomic E-state index is -0.871. The second-order valence-corrected chi connectivity index (χ2v) is 5.98. The van der Waals surface area contributed by atoms with Crippen LogP contribution < -0.4 is 15.8 Å². The Morgan fingerprint density at radius 1 is 1.46 bits per heavy atom. The number of hydrogen-bond acceptors (Lipinski definition) is 5. The number of nitrogens with zero attached hydrogens (tertiary/aromatic N) is 4. The van der Waals surface area contributed by atoms with E-state index in [0.29, 0.717) is 17.0 Å². The number of benzene rings is 1. The van der Waals surface area contributed by atoms with Crippen molar-refractivity contribution in [3.63, 3.8) is 0 Å². The summed E-state index contributed by atoms with van der Waals surface area (Å²) in [6.45, 7) is 1.67. The standard InChI is InChI=1S/C16H14FIN6O2/c1-9-4-11(17)13(22-15(19)25)5-14(9)26-16-20-3-2-12(23-16)10-6-21-24(7-10)8-18/h2-7H,8H2,1H3,(H3,19,22,25). The number of carbonyl (C=O) groups excluding carboxylic acids is 1. The lowest BCUT2D eigenvalue weighted by Crippen LogP contribution is -2.20. The summed E-state index contributed by atoms with van der Waals surface area (Å²) in [4.78, 5) is 19.4. The van der Waals surface area contributed by atoms with Crippen LogP contribution in [0.4, 0.5) is 14.9 Å². The van der Waals surface area contributed by atoms with E-state index < -0.39 is 11.8 Å². The Bertz CT molecular complexity index is 962. The van der Waals surface area contributed by atoms with Crippen LogP contribution in [-0.2, 0) is 4.55 Å². The van der Waals surface area contributed by atoms with E-state index in [9.17, 15) is 9.18 Å². The quantitative estimate of drug-likeness (QED) is 0.441. The molecule has 0 aliphatic heterocycles. The zero-order valence-electron chi connectivity index (χ0n) is 13.6. The van der Waals surface area contributed by atoms with Crippen LogP contribution in [0.1, 0.15) is 5.56 Å². The first-order valence-corrected chi connectivity index (χ1v) is 8.95. The van der Waals surface area contributed by atoms with Crippen LogP contribution in [0.3, 0.4) is 0 Å². The highest BCUT2D eigenvalue weighted by molar-refractivity contribution is 14.1. The maximum Gasteiger partial charge on any atom is 0.322 e. The Hall–Kier alpha value is -2.76. The van der Waals surface area contributed by atoms with E-state index >= 15 is 0 Å². The monoisotopic (exact) mass is 468 g/mol. The first-order chi connectivity index (χ1) is 12.5. The lowest BCUT2D eigenvalue weighted by atomic mass is 10.2. The van der Waals surface area contributed by atoms with E-state index in [1.165, 1.54) is 12.1 Å². The number of amides is 2. The predicted octanol–water partition coefficient (Wildman–Crippen LogP) is 3.46. The van der Waals surface area contributed by atoms with E-state index in [1.807, 2.05) is 6.20 Å². The molecule has 0 spiro atoms. The minimum Gasteiger partial charge on any atom is -0.424 e. The van der Waals surface area contributed by atoms with Gasteiger partial charge in [-0.25, -0.2) is 14.2 Å². The number of aromatic nitrogens is 4. The smallest absolute Gasteiger partial charge is 0.322 e. The summed E-state index contributed by atoms with van der Waals surface area (Å²) in [7, 11) is 0. The van der Waals surface area contributed by atoms with Crippen molar-refractivity contribution in [1.82, 2.24) is 19.7 Å². The summed E-state index contributed by atoms with van der Waals surface area (Å²) in [6.07, 6.45) is 5.11. The number of anilines is 1. The van der Waals surface area contributed by atoms with Gasteiger partial charge in [-0.3, -0.25) is 4.68 Å². The summed E-state index contributed by atoms with van der Waals surface area (Å²) < 4.78 is 22.0. The number of aryl methyl sites for hydroxylation is 1. The van der Waals surface area contributed by atoms with Crippen molar-refractivity contribution in [2.45, 2.75) is 11.5 Å². The number of nitrogens with two attached hydrogens (primary N) is 1. The summed E-state index contributed by atoms with van der Waals surface area (Å²) in [5.74, 6) is -0.315. The molecule has 2 amide bonds. The number of carbonyl (C=O) groups is 1. The number of rotatable bonds is 5. The molecule has 1 aromatic carbocycles. The highest BCUT2D eigenvalue weighted by Gasteiger charge is 2.13. The molecule has 0 aliphatic carbocycles. The fraction of sp³-hybridized carbons (Fsp3) is 0.125. The maximum atomic E-state index is 13.9. The van der Waals surface area contributed by atoms with E-state index in [0.717, 1.165) is 10.1 Å². The van der Waals surface area contributed by atoms with Gasteiger partial charge in [0.05, 0.1) is 22.1 Å². The largest absolute Gasteiger partial charge is 0.424 e. The fourth-order valence-electron chi connectivity index (χ4n) is 2.20. The Morgan fingerprint density at radius 2 is 2.27 bits per heavy atom. The molecule has 10 heteroatoms. The van der Waals surface area contributed by atoms with Gasteiger partial charge in [0.2, 0.25) is 0 Å². The first kappa shape index (κ1) is 18.0. The molecule has 0 unspecified atom stereocenters. The molecule has 0 atom stereocenters. The van der Waals surface area contributed by atoms with E-state index in [1.54, 1.807) is 30.1 Å². The number of primary amides is 1. The summed E-state index contributed by atoms with van der Waals surface area (Å²) in [5, 5.41) is 6.41. The summed E-state index contributed by atoms with van der Waals surface area (Å²) in [6, 6.07) is 3.52. The molecule has 0 fully saturated rings. The molecule has 134 valence electrons. The molecule has 3 rings (SSSR count). The number of hydrogen-bond donors (Lipinski definition) is 2. The van der Waals surface area contributed by atoms with Crippen LogP contribution in [0.5, 0.6) is 11.8 Å². The fourth-order valence-corrected chi connectivity index (χ4v) is 2.57. The Morgan fingerprint density at radius 3 is 2.96 bits per heavy atom. The van der Waals surface area contributed by atoms with Crippen LogP contribution in [0.2, 0.25) is 0 Å². The molecule has 0 saturated heterocycles. The molecule has 2 aromatic heterocycles. The summed E-state index contributed by atoms with van der Waals surface area (Å²) >= 11 is 2.20. The number of alkyl halides is 1. The van der Waals surface area contributed by atoms with Crippen LogP contribution in [-0.4, -0.2) is 25.8 Å². The molecule has 3 aromatic rings. The molecule has 3 N–H and O–H groups in total. The van der Waals surface area contributed by atoms with Crippen molar-refractivity contribution >= 4 is 34.3 Å². The molecule has 2 heterocycles. The van der Waals surface area contributed by atoms with Gasteiger partial charge in [-0.05, 0) is 24.6 Å². The zero-order valence-corrected chi connectivity index (χ0v) is 15.8. The van der Waals surface area contributed by atoms with Gasteiger partial charge >= 0.3 is 12.0 Å². The average molecular weight is 468 g/mol. The van der Waals surface area contributed by atoms with Gasteiger partial charge in [-0.2, -0.15) is 10.1 Å². The number of nitrogens with one attached hydrogen (secondary N) is 1. The molecular weight excluding hydrogens is 454 g/mol. The molecule has 0 bridgehead atoms. The van der Waals surface area contributed by atoms with Gasteiger partial charge in [-0.1, -0.05) is 22.6 Å². The van der Waals surface area contributed by atoms with Gasteiger partial charge in [-0.15, -0.1) is 0 Å². The van der Waals surface area contributed by atoms with E-state index in [2.05, 4.69) is 43.0 Å².